The predicted molar refractivity (Wildman–Crippen MR) is 70.7 cm³/mol. The van der Waals surface area contributed by atoms with Gasteiger partial charge in [-0.15, -0.1) is 0 Å². The van der Waals surface area contributed by atoms with Crippen LogP contribution in [-0.2, 0) is 0 Å². The van der Waals surface area contributed by atoms with Gasteiger partial charge in [-0.1, -0.05) is 20.3 Å². The second-order valence-corrected chi connectivity index (χ2v) is 4.44. The largest absolute Gasteiger partial charge is 0.356 e. The lowest BCUT2D eigenvalue weighted by atomic mass is 10.1. The molecule has 0 fully saturated rings. The fourth-order valence-corrected chi connectivity index (χ4v) is 1.61. The van der Waals surface area contributed by atoms with E-state index in [2.05, 4.69) is 29.1 Å². The van der Waals surface area contributed by atoms with Gasteiger partial charge < -0.3 is 10.3 Å². The first-order chi connectivity index (χ1) is 8.60. The Morgan fingerprint density at radius 3 is 3.00 bits per heavy atom. The summed E-state index contributed by atoms with van der Waals surface area (Å²) < 4.78 is 0. The van der Waals surface area contributed by atoms with E-state index < -0.39 is 4.92 Å². The number of nitrogens with zero attached hydrogens (tertiary/aromatic N) is 2. The third kappa shape index (κ3) is 2.58. The number of nitrogens with one attached hydrogen (secondary N) is 2. The number of anilines is 1. The zero-order valence-corrected chi connectivity index (χ0v) is 10.4. The van der Waals surface area contributed by atoms with Crippen molar-refractivity contribution in [1.29, 1.82) is 0 Å². The molecular formula is C12H16N4O2. The normalized spacial score (nSPS) is 12.6. The monoisotopic (exact) mass is 248 g/mol. The van der Waals surface area contributed by atoms with Crippen LogP contribution in [0.15, 0.2) is 18.2 Å². The summed E-state index contributed by atoms with van der Waals surface area (Å²) in [5, 5.41) is 13.9. The van der Waals surface area contributed by atoms with Gasteiger partial charge in [0, 0.05) is 18.7 Å². The van der Waals surface area contributed by atoms with Gasteiger partial charge in [-0.05, 0) is 12.0 Å². The number of imidazole rings is 1. The topological polar surface area (TPSA) is 83.8 Å². The summed E-state index contributed by atoms with van der Waals surface area (Å²) in [5.74, 6) is 1.22. The van der Waals surface area contributed by atoms with Gasteiger partial charge in [-0.25, -0.2) is 4.98 Å². The number of non-ortho nitro benzene ring substituents is 1. The smallest absolute Gasteiger partial charge is 0.271 e. The molecule has 1 aromatic heterocycles. The van der Waals surface area contributed by atoms with E-state index in [0.29, 0.717) is 17.4 Å². The molecule has 0 bridgehead atoms. The summed E-state index contributed by atoms with van der Waals surface area (Å²) in [7, 11) is 0. The van der Waals surface area contributed by atoms with E-state index in [4.69, 9.17) is 0 Å². The molecule has 0 aliphatic heterocycles. The average molecular weight is 248 g/mol. The number of benzene rings is 1. The van der Waals surface area contributed by atoms with Crippen LogP contribution < -0.4 is 5.32 Å². The summed E-state index contributed by atoms with van der Waals surface area (Å²) in [6, 6.07) is 4.61. The van der Waals surface area contributed by atoms with Crippen molar-refractivity contribution in [3.8, 4) is 0 Å². The SMILES string of the molecule is CCC(C)CNc1nc2ccc([N+](=O)[O-])cc2[nH]1. The molecule has 1 heterocycles. The molecule has 0 saturated heterocycles. The molecule has 1 aromatic carbocycles. The summed E-state index contributed by atoms with van der Waals surface area (Å²) in [6.07, 6.45) is 1.10. The van der Waals surface area contributed by atoms with Crippen molar-refractivity contribution in [3.63, 3.8) is 0 Å². The minimum absolute atomic E-state index is 0.0691. The maximum atomic E-state index is 10.7. The molecule has 0 saturated carbocycles. The molecular weight excluding hydrogens is 232 g/mol. The first-order valence-corrected chi connectivity index (χ1v) is 5.98. The molecule has 2 rings (SSSR count). The number of aromatic nitrogens is 2. The van der Waals surface area contributed by atoms with Crippen LogP contribution in [0.4, 0.5) is 11.6 Å². The van der Waals surface area contributed by atoms with Gasteiger partial charge in [0.25, 0.3) is 5.69 Å². The van der Waals surface area contributed by atoms with Crippen LogP contribution in [0.2, 0.25) is 0 Å². The molecule has 18 heavy (non-hydrogen) atoms. The first-order valence-electron chi connectivity index (χ1n) is 5.98. The molecule has 0 amide bonds. The number of nitro groups is 1. The number of hydrogen-bond donors (Lipinski definition) is 2. The van der Waals surface area contributed by atoms with Crippen molar-refractivity contribution < 1.29 is 4.92 Å². The molecule has 0 aliphatic rings. The minimum atomic E-state index is -0.410. The standard InChI is InChI=1S/C12H16N4O2/c1-3-8(2)7-13-12-14-10-5-4-9(16(17)18)6-11(10)15-12/h4-6,8H,3,7H2,1-2H3,(H2,13,14,15). The van der Waals surface area contributed by atoms with E-state index in [1.807, 2.05) is 0 Å². The van der Waals surface area contributed by atoms with E-state index in [1.165, 1.54) is 12.1 Å². The highest BCUT2D eigenvalue weighted by atomic mass is 16.6. The molecule has 6 heteroatoms. The highest BCUT2D eigenvalue weighted by Gasteiger charge is 2.09. The fraction of sp³-hybridized carbons (Fsp3) is 0.417. The number of fused-ring (bicyclic) bond motifs is 1. The van der Waals surface area contributed by atoms with Crippen molar-refractivity contribution in [1.82, 2.24) is 9.97 Å². The zero-order chi connectivity index (χ0) is 13.1. The van der Waals surface area contributed by atoms with Gasteiger partial charge in [0.15, 0.2) is 0 Å². The maximum absolute atomic E-state index is 10.7. The third-order valence-electron chi connectivity index (χ3n) is 2.99. The molecule has 2 aromatic rings. The predicted octanol–water partition coefficient (Wildman–Crippen LogP) is 2.93. The van der Waals surface area contributed by atoms with Crippen LogP contribution in [-0.4, -0.2) is 21.4 Å². The Balaban J connectivity index is 2.19. The van der Waals surface area contributed by atoms with Gasteiger partial charge in [0.2, 0.25) is 5.95 Å². The van der Waals surface area contributed by atoms with Crippen molar-refractivity contribution >= 4 is 22.7 Å². The summed E-state index contributed by atoms with van der Waals surface area (Å²) in [6.45, 7) is 5.12. The number of hydrogen-bond acceptors (Lipinski definition) is 4. The Morgan fingerprint density at radius 1 is 1.56 bits per heavy atom. The Kier molecular flexibility index (Phi) is 3.45. The maximum Gasteiger partial charge on any atom is 0.271 e. The summed E-state index contributed by atoms with van der Waals surface area (Å²) >= 11 is 0. The van der Waals surface area contributed by atoms with Gasteiger partial charge >= 0.3 is 0 Å². The fourth-order valence-electron chi connectivity index (χ4n) is 1.61. The lowest BCUT2D eigenvalue weighted by Crippen LogP contribution is -2.10. The van der Waals surface area contributed by atoms with Gasteiger partial charge in [-0.2, -0.15) is 0 Å². The van der Waals surface area contributed by atoms with E-state index in [0.717, 1.165) is 18.5 Å². The Bertz CT molecular complexity index is 564. The van der Waals surface area contributed by atoms with Crippen LogP contribution in [0, 0.1) is 16.0 Å². The van der Waals surface area contributed by atoms with E-state index in [1.54, 1.807) is 6.07 Å². The van der Waals surface area contributed by atoms with Crippen molar-refractivity contribution in [3.05, 3.63) is 28.3 Å². The lowest BCUT2D eigenvalue weighted by molar-refractivity contribution is -0.384. The van der Waals surface area contributed by atoms with Crippen LogP contribution in [0.3, 0.4) is 0 Å². The molecule has 6 nitrogen and oxygen atoms in total. The van der Waals surface area contributed by atoms with E-state index in [-0.39, 0.29) is 5.69 Å². The number of aromatic amines is 1. The van der Waals surface area contributed by atoms with Gasteiger partial charge in [0.1, 0.15) is 0 Å². The lowest BCUT2D eigenvalue weighted by Gasteiger charge is -2.08. The van der Waals surface area contributed by atoms with Crippen LogP contribution >= 0.6 is 0 Å². The highest BCUT2D eigenvalue weighted by molar-refractivity contribution is 5.79. The molecule has 0 aliphatic carbocycles. The first kappa shape index (κ1) is 12.3. The van der Waals surface area contributed by atoms with E-state index >= 15 is 0 Å². The molecule has 1 unspecified atom stereocenters. The third-order valence-corrected chi connectivity index (χ3v) is 2.99. The Labute approximate surface area is 105 Å². The van der Waals surface area contributed by atoms with Gasteiger partial charge in [-0.3, -0.25) is 10.1 Å². The Morgan fingerprint density at radius 2 is 2.33 bits per heavy atom. The zero-order valence-electron chi connectivity index (χ0n) is 10.4. The van der Waals surface area contributed by atoms with Gasteiger partial charge in [0.05, 0.1) is 16.0 Å². The van der Waals surface area contributed by atoms with Crippen molar-refractivity contribution in [2.45, 2.75) is 20.3 Å². The number of nitro benzene ring substituents is 1. The van der Waals surface area contributed by atoms with Crippen molar-refractivity contribution in [2.24, 2.45) is 5.92 Å². The molecule has 0 radical (unpaired) electrons. The van der Waals surface area contributed by atoms with Crippen LogP contribution in [0.25, 0.3) is 11.0 Å². The van der Waals surface area contributed by atoms with Crippen LogP contribution in [0.5, 0.6) is 0 Å². The molecule has 0 spiro atoms. The summed E-state index contributed by atoms with van der Waals surface area (Å²) in [5.41, 5.74) is 1.47. The average Bonchev–Trinajstić information content (AvgIpc) is 2.77. The number of H-pyrrole nitrogens is 1. The van der Waals surface area contributed by atoms with Crippen molar-refractivity contribution in [2.75, 3.05) is 11.9 Å². The highest BCUT2D eigenvalue weighted by Crippen LogP contribution is 2.20. The second kappa shape index (κ2) is 5.03. The quantitative estimate of drug-likeness (QED) is 0.629. The second-order valence-electron chi connectivity index (χ2n) is 4.44. The Hall–Kier alpha value is -2.11. The van der Waals surface area contributed by atoms with E-state index in [9.17, 15) is 10.1 Å². The molecule has 1 atom stereocenters. The summed E-state index contributed by atoms with van der Waals surface area (Å²) in [4.78, 5) is 17.6. The van der Waals surface area contributed by atoms with Crippen LogP contribution in [0.1, 0.15) is 20.3 Å². The molecule has 2 N–H and O–H groups in total. The number of rotatable bonds is 5. The molecule has 96 valence electrons. The minimum Gasteiger partial charge on any atom is -0.356 e.